The van der Waals surface area contributed by atoms with Crippen LogP contribution in [-0.4, -0.2) is 50.3 Å². The summed E-state index contributed by atoms with van der Waals surface area (Å²) in [6.07, 6.45) is 0.662. The molecule has 3 aromatic rings. The van der Waals surface area contributed by atoms with Crippen LogP contribution in [0, 0.1) is 0 Å². The Morgan fingerprint density at radius 1 is 1.48 bits per heavy atom. The number of aryl methyl sites for hydroxylation is 1. The lowest BCUT2D eigenvalue weighted by atomic mass is 10.2. The second-order valence-corrected chi connectivity index (χ2v) is 7.13. The minimum Gasteiger partial charge on any atom is -0.377 e. The van der Waals surface area contributed by atoms with Crippen LogP contribution in [0.5, 0.6) is 0 Å². The monoisotopic (exact) mass is 377 g/mol. The SMILES string of the molecule is CCc1nnsc1C(=O)N1CCOCC1c1nc(-c2cccs2)no1. The van der Waals surface area contributed by atoms with E-state index in [-0.39, 0.29) is 5.91 Å². The lowest BCUT2D eigenvalue weighted by Crippen LogP contribution is -2.43. The minimum absolute atomic E-state index is 0.115. The molecule has 3 aromatic heterocycles. The Kier molecular flexibility index (Phi) is 4.55. The average Bonchev–Trinajstić information content (AvgIpc) is 3.41. The van der Waals surface area contributed by atoms with Gasteiger partial charge in [0.1, 0.15) is 10.9 Å². The van der Waals surface area contributed by atoms with Crippen molar-refractivity contribution in [3.63, 3.8) is 0 Å². The van der Waals surface area contributed by atoms with Gasteiger partial charge in [0.25, 0.3) is 11.8 Å². The summed E-state index contributed by atoms with van der Waals surface area (Å²) in [5.74, 6) is 0.791. The molecule has 0 N–H and O–H groups in total. The van der Waals surface area contributed by atoms with Gasteiger partial charge >= 0.3 is 0 Å². The molecule has 1 unspecified atom stereocenters. The molecule has 8 nitrogen and oxygen atoms in total. The molecule has 0 saturated carbocycles. The molecule has 0 aromatic carbocycles. The van der Waals surface area contributed by atoms with Gasteiger partial charge in [-0.15, -0.1) is 16.4 Å². The van der Waals surface area contributed by atoms with Crippen LogP contribution in [-0.2, 0) is 11.2 Å². The number of carbonyl (C=O) groups is 1. The number of nitrogens with zero attached hydrogens (tertiary/aromatic N) is 5. The summed E-state index contributed by atoms with van der Waals surface area (Å²) in [7, 11) is 0. The number of rotatable bonds is 4. The van der Waals surface area contributed by atoms with Crippen LogP contribution in [0.15, 0.2) is 22.0 Å². The summed E-state index contributed by atoms with van der Waals surface area (Å²) in [5.41, 5.74) is 0.713. The lowest BCUT2D eigenvalue weighted by molar-refractivity contribution is -0.0117. The molecule has 10 heteroatoms. The Hall–Kier alpha value is -2.17. The van der Waals surface area contributed by atoms with Crippen LogP contribution < -0.4 is 0 Å². The number of aromatic nitrogens is 4. The molecule has 0 aliphatic carbocycles. The first-order chi connectivity index (χ1) is 12.3. The zero-order valence-corrected chi connectivity index (χ0v) is 15.0. The van der Waals surface area contributed by atoms with Gasteiger partial charge < -0.3 is 14.2 Å². The number of ether oxygens (including phenoxy) is 1. The second kappa shape index (κ2) is 6.98. The van der Waals surface area contributed by atoms with Crippen molar-refractivity contribution in [3.8, 4) is 10.7 Å². The molecular formula is C15H15N5O3S2. The minimum atomic E-state index is -0.408. The van der Waals surface area contributed by atoms with Crippen molar-refractivity contribution in [1.82, 2.24) is 24.6 Å². The van der Waals surface area contributed by atoms with Gasteiger partial charge in [-0.2, -0.15) is 4.98 Å². The van der Waals surface area contributed by atoms with Crippen LogP contribution in [0.4, 0.5) is 0 Å². The van der Waals surface area contributed by atoms with Crippen molar-refractivity contribution in [2.24, 2.45) is 0 Å². The summed E-state index contributed by atoms with van der Waals surface area (Å²) < 4.78 is 14.9. The predicted molar refractivity (Wildman–Crippen MR) is 91.5 cm³/mol. The molecule has 25 heavy (non-hydrogen) atoms. The third kappa shape index (κ3) is 3.08. The maximum Gasteiger partial charge on any atom is 0.268 e. The van der Waals surface area contributed by atoms with Crippen LogP contribution in [0.1, 0.15) is 34.2 Å². The number of thiophene rings is 1. The molecule has 1 atom stereocenters. The summed E-state index contributed by atoms with van der Waals surface area (Å²) in [5, 5.41) is 10.0. The fraction of sp³-hybridized carbons (Fsp3) is 0.400. The molecule has 4 heterocycles. The maximum atomic E-state index is 13.0. The molecule has 0 radical (unpaired) electrons. The van der Waals surface area contributed by atoms with Gasteiger partial charge in [-0.1, -0.05) is 22.6 Å². The Labute approximate surface area is 151 Å². The quantitative estimate of drug-likeness (QED) is 0.689. The first-order valence-electron chi connectivity index (χ1n) is 7.85. The summed E-state index contributed by atoms with van der Waals surface area (Å²) in [4.78, 5) is 20.6. The Bertz CT molecular complexity index is 860. The number of hydrogen-bond acceptors (Lipinski definition) is 9. The van der Waals surface area contributed by atoms with E-state index < -0.39 is 6.04 Å². The topological polar surface area (TPSA) is 94.2 Å². The van der Waals surface area contributed by atoms with E-state index in [9.17, 15) is 4.79 Å². The van der Waals surface area contributed by atoms with Gasteiger partial charge in [-0.25, -0.2) is 0 Å². The van der Waals surface area contributed by atoms with E-state index in [0.717, 1.165) is 16.4 Å². The molecule has 1 saturated heterocycles. The largest absolute Gasteiger partial charge is 0.377 e. The molecular weight excluding hydrogens is 362 g/mol. The third-order valence-corrected chi connectivity index (χ3v) is 5.56. The smallest absolute Gasteiger partial charge is 0.268 e. The number of amides is 1. The van der Waals surface area contributed by atoms with Crippen LogP contribution >= 0.6 is 22.9 Å². The van der Waals surface area contributed by atoms with E-state index in [1.54, 1.807) is 4.90 Å². The zero-order chi connectivity index (χ0) is 17.2. The standard InChI is InChI=1S/C15H15N5O3S2/c1-2-9-12(25-19-17-9)15(21)20-5-6-22-8-10(20)14-16-13(18-23-14)11-4-3-7-24-11/h3-4,7,10H,2,5-6,8H2,1H3. The van der Waals surface area contributed by atoms with E-state index in [2.05, 4.69) is 19.7 Å². The van der Waals surface area contributed by atoms with Crippen LogP contribution in [0.2, 0.25) is 0 Å². The average molecular weight is 377 g/mol. The summed E-state index contributed by atoms with van der Waals surface area (Å²) in [6.45, 7) is 3.21. The molecule has 1 aliphatic heterocycles. The van der Waals surface area contributed by atoms with E-state index in [0.29, 0.717) is 48.5 Å². The van der Waals surface area contributed by atoms with E-state index in [1.165, 1.54) is 11.3 Å². The normalized spacial score (nSPS) is 17.8. The van der Waals surface area contributed by atoms with Gasteiger partial charge in [0.15, 0.2) is 0 Å². The number of carbonyl (C=O) groups excluding carboxylic acids is 1. The summed E-state index contributed by atoms with van der Waals surface area (Å²) >= 11 is 2.65. The van der Waals surface area contributed by atoms with Crippen molar-refractivity contribution < 1.29 is 14.1 Å². The maximum absolute atomic E-state index is 13.0. The molecule has 1 amide bonds. The highest BCUT2D eigenvalue weighted by Crippen LogP contribution is 2.29. The van der Waals surface area contributed by atoms with Gasteiger partial charge in [-0.05, 0) is 29.4 Å². The fourth-order valence-electron chi connectivity index (χ4n) is 2.66. The molecule has 1 fully saturated rings. The molecule has 0 bridgehead atoms. The first kappa shape index (κ1) is 16.3. The van der Waals surface area contributed by atoms with Crippen molar-refractivity contribution in [2.45, 2.75) is 19.4 Å². The Morgan fingerprint density at radius 3 is 3.20 bits per heavy atom. The fourth-order valence-corrected chi connectivity index (χ4v) is 4.02. The van der Waals surface area contributed by atoms with E-state index in [4.69, 9.17) is 9.26 Å². The lowest BCUT2D eigenvalue weighted by Gasteiger charge is -2.32. The van der Waals surface area contributed by atoms with Crippen molar-refractivity contribution in [2.75, 3.05) is 19.8 Å². The third-order valence-electron chi connectivity index (χ3n) is 3.94. The number of morpholine rings is 1. The van der Waals surface area contributed by atoms with E-state index in [1.807, 2.05) is 24.4 Å². The van der Waals surface area contributed by atoms with Gasteiger partial charge in [0.2, 0.25) is 5.82 Å². The highest BCUT2D eigenvalue weighted by Gasteiger charge is 2.35. The van der Waals surface area contributed by atoms with Gasteiger partial charge in [0.05, 0.1) is 23.8 Å². The molecule has 1 aliphatic rings. The van der Waals surface area contributed by atoms with Crippen molar-refractivity contribution >= 4 is 28.8 Å². The van der Waals surface area contributed by atoms with Gasteiger partial charge in [0, 0.05) is 6.54 Å². The predicted octanol–water partition coefficient (Wildman–Crippen LogP) is 2.43. The van der Waals surface area contributed by atoms with Crippen LogP contribution in [0.25, 0.3) is 10.7 Å². The first-order valence-corrected chi connectivity index (χ1v) is 9.50. The van der Waals surface area contributed by atoms with Crippen LogP contribution in [0.3, 0.4) is 0 Å². The molecule has 130 valence electrons. The highest BCUT2D eigenvalue weighted by molar-refractivity contribution is 7.13. The highest BCUT2D eigenvalue weighted by atomic mass is 32.1. The van der Waals surface area contributed by atoms with E-state index >= 15 is 0 Å². The Morgan fingerprint density at radius 2 is 2.40 bits per heavy atom. The zero-order valence-electron chi connectivity index (χ0n) is 13.4. The van der Waals surface area contributed by atoms with Crippen molar-refractivity contribution in [1.29, 1.82) is 0 Å². The molecule has 0 spiro atoms. The number of hydrogen-bond donors (Lipinski definition) is 0. The second-order valence-electron chi connectivity index (χ2n) is 5.43. The van der Waals surface area contributed by atoms with Crippen molar-refractivity contribution in [3.05, 3.63) is 34.0 Å². The Balaban J connectivity index is 1.62. The summed E-state index contributed by atoms with van der Waals surface area (Å²) in [6, 6.07) is 3.45. The molecule has 4 rings (SSSR count). The van der Waals surface area contributed by atoms with Gasteiger partial charge in [-0.3, -0.25) is 4.79 Å².